The predicted octanol–water partition coefficient (Wildman–Crippen LogP) is 6.86. The minimum Gasteiger partial charge on any atom is -0.346 e. The van der Waals surface area contributed by atoms with Crippen LogP contribution < -0.4 is 14.8 Å². The third-order valence-electron chi connectivity index (χ3n) is 6.31. The van der Waals surface area contributed by atoms with E-state index in [4.69, 9.17) is 16.9 Å². The van der Waals surface area contributed by atoms with Crippen molar-refractivity contribution in [1.29, 1.82) is 0 Å². The van der Waals surface area contributed by atoms with Gasteiger partial charge in [-0.3, -0.25) is 0 Å². The summed E-state index contributed by atoms with van der Waals surface area (Å²) in [6.45, 7) is 6.66. The highest BCUT2D eigenvalue weighted by Gasteiger charge is 2.46. The summed E-state index contributed by atoms with van der Waals surface area (Å²) in [6, 6.07) is 27.3. The maximum Gasteiger partial charge on any atom is 0.174 e. The summed E-state index contributed by atoms with van der Waals surface area (Å²) in [7, 11) is 2.14. The van der Waals surface area contributed by atoms with Gasteiger partial charge < -0.3 is 9.99 Å². The number of hydrogen-bond donors (Lipinski definition) is 1. The second-order valence-corrected chi connectivity index (χ2v) is 12.7. The lowest BCUT2D eigenvalue weighted by Crippen LogP contribution is -2.26. The molecule has 0 aliphatic carbocycles. The van der Waals surface area contributed by atoms with Crippen molar-refractivity contribution in [2.75, 3.05) is 21.8 Å². The second kappa shape index (κ2) is 7.61. The van der Waals surface area contributed by atoms with E-state index in [0.29, 0.717) is 0 Å². The van der Waals surface area contributed by atoms with Gasteiger partial charge in [-0.2, -0.15) is 5.10 Å². The molecule has 3 aromatic rings. The number of anilines is 3. The van der Waals surface area contributed by atoms with Crippen molar-refractivity contribution in [3.8, 4) is 0 Å². The smallest absolute Gasteiger partial charge is 0.174 e. The highest BCUT2D eigenvalue weighted by atomic mass is 32.4. The minimum atomic E-state index is -2.51. The molecule has 0 saturated carbocycles. The SMILES string of the molecule is Cc1ccc(NP2(=S)C(=C3N(C)c4ccccc4C3(C)C)C=NN2c2ccccc2)cc1. The number of aryl methyl sites for hydroxylation is 1. The molecule has 1 N–H and O–H groups in total. The summed E-state index contributed by atoms with van der Waals surface area (Å²) >= 11 is 6.53. The highest BCUT2D eigenvalue weighted by Crippen LogP contribution is 2.65. The molecule has 2 aliphatic heterocycles. The van der Waals surface area contributed by atoms with E-state index in [2.05, 4.69) is 98.5 Å². The second-order valence-electron chi connectivity index (χ2n) is 8.86. The molecule has 6 heteroatoms. The molecule has 1 atom stereocenters. The number of nitrogens with one attached hydrogen (secondary N) is 1. The predicted molar refractivity (Wildman–Crippen MR) is 141 cm³/mol. The van der Waals surface area contributed by atoms with Gasteiger partial charge in [-0.25, -0.2) is 4.78 Å². The van der Waals surface area contributed by atoms with Gasteiger partial charge in [0.25, 0.3) is 0 Å². The molecule has 162 valence electrons. The van der Waals surface area contributed by atoms with Crippen LogP contribution in [0.4, 0.5) is 17.1 Å². The van der Waals surface area contributed by atoms with Crippen LogP contribution in [-0.2, 0) is 17.2 Å². The van der Waals surface area contributed by atoms with E-state index in [9.17, 15) is 0 Å². The third kappa shape index (κ3) is 3.19. The summed E-state index contributed by atoms with van der Waals surface area (Å²) in [5, 5.41) is 9.71. The van der Waals surface area contributed by atoms with Crippen molar-refractivity contribution < 1.29 is 0 Å². The van der Waals surface area contributed by atoms with Gasteiger partial charge >= 0.3 is 0 Å². The Labute approximate surface area is 195 Å². The zero-order valence-electron chi connectivity index (χ0n) is 18.8. The monoisotopic (exact) mass is 458 g/mol. The summed E-state index contributed by atoms with van der Waals surface area (Å²) in [5.41, 5.74) is 6.80. The fourth-order valence-corrected chi connectivity index (χ4v) is 8.35. The van der Waals surface area contributed by atoms with Gasteiger partial charge in [-0.15, -0.1) is 0 Å². The minimum absolute atomic E-state index is 0.182. The molecular weight excluding hydrogens is 431 g/mol. The van der Waals surface area contributed by atoms with Crippen molar-refractivity contribution in [2.24, 2.45) is 5.10 Å². The Morgan fingerprint density at radius 2 is 1.56 bits per heavy atom. The molecule has 0 bridgehead atoms. The van der Waals surface area contributed by atoms with Gasteiger partial charge in [0, 0.05) is 29.5 Å². The average molecular weight is 459 g/mol. The van der Waals surface area contributed by atoms with Crippen LogP contribution in [0.25, 0.3) is 0 Å². The molecular formula is C26H27N4PS. The molecule has 0 radical (unpaired) electrons. The van der Waals surface area contributed by atoms with Crippen LogP contribution in [0.2, 0.25) is 0 Å². The largest absolute Gasteiger partial charge is 0.346 e. The van der Waals surface area contributed by atoms with Crippen LogP contribution in [0.15, 0.2) is 95.0 Å². The lowest BCUT2D eigenvalue weighted by molar-refractivity contribution is 0.640. The molecule has 2 heterocycles. The lowest BCUT2D eigenvalue weighted by atomic mass is 9.84. The zero-order chi connectivity index (χ0) is 22.5. The van der Waals surface area contributed by atoms with Gasteiger partial charge in [0.15, 0.2) is 6.34 Å². The molecule has 0 saturated heterocycles. The fraction of sp³-hybridized carbons (Fsp3) is 0.192. The van der Waals surface area contributed by atoms with Gasteiger partial charge in [0.2, 0.25) is 0 Å². The van der Waals surface area contributed by atoms with Crippen LogP contribution in [0.1, 0.15) is 25.0 Å². The number of para-hydroxylation sites is 2. The summed E-state index contributed by atoms with van der Waals surface area (Å²) in [4.78, 5) is 2.29. The van der Waals surface area contributed by atoms with Gasteiger partial charge in [0.1, 0.15) is 0 Å². The molecule has 5 rings (SSSR count). The van der Waals surface area contributed by atoms with E-state index in [-0.39, 0.29) is 5.41 Å². The quantitative estimate of drug-likeness (QED) is 0.434. The summed E-state index contributed by atoms with van der Waals surface area (Å²) in [5.74, 6) is 0. The van der Waals surface area contributed by atoms with E-state index in [1.165, 1.54) is 22.5 Å². The van der Waals surface area contributed by atoms with Gasteiger partial charge in [-0.1, -0.05) is 67.9 Å². The van der Waals surface area contributed by atoms with Crippen LogP contribution >= 0.6 is 6.34 Å². The number of likely N-dealkylation sites (N-methyl/N-ethyl adjacent to an activating group) is 1. The Kier molecular flexibility index (Phi) is 4.99. The van der Waals surface area contributed by atoms with E-state index in [1.54, 1.807) is 0 Å². The molecule has 0 amide bonds. The normalized spacial score (nSPS) is 23.5. The molecule has 0 aromatic heterocycles. The molecule has 0 fully saturated rings. The average Bonchev–Trinajstić information content (AvgIpc) is 3.21. The van der Waals surface area contributed by atoms with Crippen molar-refractivity contribution >= 4 is 41.4 Å². The Morgan fingerprint density at radius 1 is 0.906 bits per heavy atom. The molecule has 2 aliphatic rings. The summed E-state index contributed by atoms with van der Waals surface area (Å²) < 4.78 is 2.03. The molecule has 0 spiro atoms. The van der Waals surface area contributed by atoms with Crippen LogP contribution in [0.5, 0.6) is 0 Å². The maximum atomic E-state index is 6.53. The first-order valence-corrected chi connectivity index (χ1v) is 13.5. The maximum absolute atomic E-state index is 6.53. The van der Waals surface area contributed by atoms with Crippen molar-refractivity contribution in [1.82, 2.24) is 0 Å². The number of fused-ring (bicyclic) bond motifs is 1. The molecule has 3 aromatic carbocycles. The number of nitrogens with zero attached hydrogens (tertiary/aromatic N) is 3. The van der Waals surface area contributed by atoms with Crippen LogP contribution in [-0.4, -0.2) is 13.3 Å². The zero-order valence-corrected chi connectivity index (χ0v) is 20.5. The summed E-state index contributed by atoms with van der Waals surface area (Å²) in [6.07, 6.45) is -0.531. The lowest BCUT2D eigenvalue weighted by Gasteiger charge is -2.34. The van der Waals surface area contributed by atoms with Crippen molar-refractivity contribution in [2.45, 2.75) is 26.2 Å². The standard InChI is InChI=1S/C26H27N4PS/c1-19-14-16-20(17-15-19)28-31(32)24(18-27-30(31)21-10-6-5-7-11-21)25-26(2,3)22-12-8-9-13-23(22)29(25)4/h5-18H,1-4H3,(H,28,32). The first-order chi connectivity index (χ1) is 15.3. The Morgan fingerprint density at radius 3 is 2.25 bits per heavy atom. The highest BCUT2D eigenvalue weighted by molar-refractivity contribution is 8.18. The number of rotatable bonds is 3. The molecule has 1 unspecified atom stereocenters. The van der Waals surface area contributed by atoms with Crippen LogP contribution in [0.3, 0.4) is 0 Å². The van der Waals surface area contributed by atoms with Gasteiger partial charge in [0.05, 0.1) is 17.2 Å². The number of hydrazone groups is 1. The van der Waals surface area contributed by atoms with Crippen molar-refractivity contribution in [3.05, 3.63) is 101 Å². The number of allylic oxidation sites excluding steroid dienone is 2. The van der Waals surface area contributed by atoms with Gasteiger partial charge in [-0.05, 0) is 54.6 Å². The Balaban J connectivity index is 1.70. The first kappa shape index (κ1) is 21.0. The molecule has 32 heavy (non-hydrogen) atoms. The number of benzene rings is 3. The number of hydrogen-bond acceptors (Lipinski definition) is 3. The Hall–Kier alpha value is -2.88. The van der Waals surface area contributed by atoms with E-state index < -0.39 is 6.34 Å². The molecule has 4 nitrogen and oxygen atoms in total. The van der Waals surface area contributed by atoms with E-state index in [1.807, 2.05) is 29.2 Å². The van der Waals surface area contributed by atoms with Crippen LogP contribution in [0, 0.1) is 6.92 Å². The van der Waals surface area contributed by atoms with E-state index >= 15 is 0 Å². The third-order valence-corrected chi connectivity index (χ3v) is 10.0. The topological polar surface area (TPSA) is 30.9 Å². The Bertz CT molecular complexity index is 1280. The van der Waals surface area contributed by atoms with E-state index in [0.717, 1.165) is 16.7 Å². The van der Waals surface area contributed by atoms with Crippen molar-refractivity contribution in [3.63, 3.8) is 0 Å². The fourth-order valence-electron chi connectivity index (χ4n) is 4.72. The first-order valence-electron chi connectivity index (χ1n) is 10.8.